The summed E-state index contributed by atoms with van der Waals surface area (Å²) in [6.45, 7) is 2.07. The highest BCUT2D eigenvalue weighted by Gasteiger charge is 2.09. The molecule has 0 aliphatic carbocycles. The van der Waals surface area contributed by atoms with Crippen LogP contribution in [0.1, 0.15) is 11.1 Å². The van der Waals surface area contributed by atoms with Gasteiger partial charge in [0.05, 0.1) is 10.1 Å². The number of para-hydroxylation sites is 1. The summed E-state index contributed by atoms with van der Waals surface area (Å²) in [6.07, 6.45) is 1.69. The predicted octanol–water partition coefficient (Wildman–Crippen LogP) is 3.86. The zero-order valence-electron chi connectivity index (χ0n) is 12.7. The molecule has 2 aromatic rings. The van der Waals surface area contributed by atoms with E-state index in [0.29, 0.717) is 18.8 Å². The van der Waals surface area contributed by atoms with Crippen molar-refractivity contribution in [2.75, 3.05) is 20.1 Å². The molecule has 0 saturated carbocycles. The Kier molecular flexibility index (Phi) is 7.09. The quantitative estimate of drug-likeness (QED) is 0.436. The Morgan fingerprint density at radius 1 is 1.17 bits per heavy atom. The number of hydrogen-bond acceptors (Lipinski definition) is 4. The lowest BCUT2D eigenvalue weighted by Crippen LogP contribution is -2.21. The van der Waals surface area contributed by atoms with Crippen molar-refractivity contribution in [1.29, 1.82) is 0 Å². The molecular weight excluding hydrogens is 518 g/mol. The van der Waals surface area contributed by atoms with E-state index in [1.165, 1.54) is 0 Å². The highest BCUT2D eigenvalue weighted by Crippen LogP contribution is 2.27. The van der Waals surface area contributed by atoms with Gasteiger partial charge in [-0.3, -0.25) is 4.99 Å². The van der Waals surface area contributed by atoms with E-state index < -0.39 is 0 Å². The summed E-state index contributed by atoms with van der Waals surface area (Å²) in [7, 11) is 2.00. The van der Waals surface area contributed by atoms with Crippen LogP contribution in [0.3, 0.4) is 0 Å². The van der Waals surface area contributed by atoms with Crippen LogP contribution in [0.15, 0.2) is 41.4 Å². The molecule has 4 nitrogen and oxygen atoms in total. The second-order valence-electron chi connectivity index (χ2n) is 5.23. The maximum atomic E-state index is 10.1. The maximum Gasteiger partial charge on any atom is 0.133 e. The predicted molar refractivity (Wildman–Crippen MR) is 110 cm³/mol. The number of aromatic hydroxyl groups is 2. The molecule has 23 heavy (non-hydrogen) atoms. The van der Waals surface area contributed by atoms with Gasteiger partial charge in [0, 0.05) is 34.0 Å². The van der Waals surface area contributed by atoms with E-state index in [0.717, 1.165) is 24.8 Å². The third-order valence-electron chi connectivity index (χ3n) is 3.33. The molecule has 0 fully saturated rings. The van der Waals surface area contributed by atoms with Crippen LogP contribution in [0.25, 0.3) is 0 Å². The van der Waals surface area contributed by atoms with E-state index in [-0.39, 0.29) is 5.75 Å². The first-order valence-corrected chi connectivity index (χ1v) is 9.26. The van der Waals surface area contributed by atoms with Crippen LogP contribution >= 0.6 is 45.2 Å². The second kappa shape index (κ2) is 8.84. The number of phenols is 2. The lowest BCUT2D eigenvalue weighted by atomic mass is 10.2. The highest BCUT2D eigenvalue weighted by molar-refractivity contribution is 14.1. The average molecular weight is 536 g/mol. The Balaban J connectivity index is 1.89. The monoisotopic (exact) mass is 536 g/mol. The molecule has 0 bridgehead atoms. The highest BCUT2D eigenvalue weighted by atomic mass is 127. The molecule has 0 amide bonds. The van der Waals surface area contributed by atoms with Crippen LogP contribution in [-0.4, -0.2) is 41.5 Å². The zero-order valence-corrected chi connectivity index (χ0v) is 17.0. The van der Waals surface area contributed by atoms with Gasteiger partial charge in [-0.1, -0.05) is 12.1 Å². The molecule has 0 heterocycles. The molecule has 0 saturated heterocycles. The molecule has 0 atom stereocenters. The Bertz CT molecular complexity index is 705. The van der Waals surface area contributed by atoms with E-state index >= 15 is 0 Å². The van der Waals surface area contributed by atoms with Gasteiger partial charge in [-0.25, -0.2) is 0 Å². The van der Waals surface area contributed by atoms with Crippen molar-refractivity contribution in [1.82, 2.24) is 4.90 Å². The molecule has 2 rings (SSSR count). The van der Waals surface area contributed by atoms with Gasteiger partial charge in [0.2, 0.25) is 0 Å². The molecule has 2 N–H and O–H groups in total. The van der Waals surface area contributed by atoms with Gasteiger partial charge >= 0.3 is 0 Å². The van der Waals surface area contributed by atoms with Crippen molar-refractivity contribution in [3.63, 3.8) is 0 Å². The van der Waals surface area contributed by atoms with Crippen LogP contribution in [0, 0.1) is 7.14 Å². The number of hydrogen-bond donors (Lipinski definition) is 2. The van der Waals surface area contributed by atoms with Crippen molar-refractivity contribution in [3.05, 3.63) is 54.7 Å². The fourth-order valence-electron chi connectivity index (χ4n) is 2.10. The molecule has 122 valence electrons. The number of likely N-dealkylation sites (N-methyl/N-ethyl adjacent to an activating group) is 1. The summed E-state index contributed by atoms with van der Waals surface area (Å²) < 4.78 is 1.99. The lowest BCUT2D eigenvalue weighted by molar-refractivity contribution is 0.329. The average Bonchev–Trinajstić information content (AvgIpc) is 2.50. The first-order valence-electron chi connectivity index (χ1n) is 7.10. The summed E-state index contributed by atoms with van der Waals surface area (Å²) in [5.41, 5.74) is 1.65. The molecule has 0 radical (unpaired) electrons. The summed E-state index contributed by atoms with van der Waals surface area (Å²) >= 11 is 4.40. The van der Waals surface area contributed by atoms with Crippen molar-refractivity contribution >= 4 is 51.4 Å². The van der Waals surface area contributed by atoms with Crippen molar-refractivity contribution < 1.29 is 10.2 Å². The van der Waals surface area contributed by atoms with Gasteiger partial charge in [0.25, 0.3) is 0 Å². The van der Waals surface area contributed by atoms with E-state index in [1.807, 2.05) is 31.3 Å². The number of aliphatic imine (C=N–C) groups is 1. The van der Waals surface area contributed by atoms with Crippen molar-refractivity contribution in [2.45, 2.75) is 6.54 Å². The Morgan fingerprint density at radius 2 is 1.91 bits per heavy atom. The molecule has 0 unspecified atom stereocenters. The third kappa shape index (κ3) is 5.61. The Hall–Kier alpha value is -0.870. The summed E-state index contributed by atoms with van der Waals surface area (Å²) in [4.78, 5) is 6.46. The largest absolute Gasteiger partial charge is 0.507 e. The summed E-state index contributed by atoms with van der Waals surface area (Å²) in [6, 6.07) is 11.1. The molecular formula is C17H18I2N2O2. The third-order valence-corrected chi connectivity index (χ3v) is 4.77. The summed E-state index contributed by atoms with van der Waals surface area (Å²) in [5.74, 6) is 0.596. The van der Waals surface area contributed by atoms with E-state index in [2.05, 4.69) is 55.1 Å². The van der Waals surface area contributed by atoms with Crippen LogP contribution in [-0.2, 0) is 6.54 Å². The standard InChI is InChI=1S/C17H18I2N2O2/c1-21(11-13-8-14(18)9-15(19)17(13)23)7-6-20-10-12-4-2-3-5-16(12)22/h2-5,8-10,22-23H,6-7,11H2,1H3. The number of phenolic OH excluding ortho intramolecular Hbond substituents is 2. The molecule has 2 aromatic carbocycles. The molecule has 0 spiro atoms. The van der Waals surface area contributed by atoms with Crippen LogP contribution in [0.4, 0.5) is 0 Å². The van der Waals surface area contributed by atoms with E-state index in [1.54, 1.807) is 18.3 Å². The van der Waals surface area contributed by atoms with Crippen molar-refractivity contribution in [2.24, 2.45) is 4.99 Å². The first kappa shape index (κ1) is 18.5. The van der Waals surface area contributed by atoms with Gasteiger partial charge in [-0.2, -0.15) is 0 Å². The van der Waals surface area contributed by atoms with Gasteiger partial charge < -0.3 is 15.1 Å². The van der Waals surface area contributed by atoms with E-state index in [9.17, 15) is 10.2 Å². The topological polar surface area (TPSA) is 56.1 Å². The maximum absolute atomic E-state index is 10.1. The van der Waals surface area contributed by atoms with E-state index in [4.69, 9.17) is 0 Å². The van der Waals surface area contributed by atoms with Gasteiger partial charge in [0.1, 0.15) is 11.5 Å². The minimum Gasteiger partial charge on any atom is -0.507 e. The van der Waals surface area contributed by atoms with Crippen LogP contribution in [0.5, 0.6) is 11.5 Å². The van der Waals surface area contributed by atoms with Gasteiger partial charge in [-0.05, 0) is 76.5 Å². The fourth-order valence-corrected chi connectivity index (χ4v) is 4.06. The van der Waals surface area contributed by atoms with Gasteiger partial charge in [-0.15, -0.1) is 0 Å². The Morgan fingerprint density at radius 3 is 2.65 bits per heavy atom. The first-order chi connectivity index (χ1) is 11.0. The normalized spacial score (nSPS) is 11.5. The fraction of sp³-hybridized carbons (Fsp3) is 0.235. The number of halogens is 2. The van der Waals surface area contributed by atoms with Crippen LogP contribution < -0.4 is 0 Å². The SMILES string of the molecule is CN(CCN=Cc1ccccc1O)Cc1cc(I)cc(I)c1O. The van der Waals surface area contributed by atoms with Crippen molar-refractivity contribution in [3.8, 4) is 11.5 Å². The number of nitrogens with zero attached hydrogens (tertiary/aromatic N) is 2. The minimum atomic E-state index is 0.239. The molecule has 0 aliphatic rings. The minimum absolute atomic E-state index is 0.239. The second-order valence-corrected chi connectivity index (χ2v) is 7.64. The number of benzene rings is 2. The molecule has 0 aliphatic heterocycles. The Labute approximate surface area is 163 Å². The van der Waals surface area contributed by atoms with Gasteiger partial charge in [0.15, 0.2) is 0 Å². The van der Waals surface area contributed by atoms with Crippen LogP contribution in [0.2, 0.25) is 0 Å². The summed E-state index contributed by atoms with van der Waals surface area (Å²) in [5, 5.41) is 19.8. The molecule has 6 heteroatoms. The lowest BCUT2D eigenvalue weighted by Gasteiger charge is -2.17. The smallest absolute Gasteiger partial charge is 0.133 e. The molecule has 0 aromatic heterocycles. The number of rotatable bonds is 6. The zero-order chi connectivity index (χ0) is 16.8.